The molecule has 0 aromatic heterocycles. The topological polar surface area (TPSA) is 85.3 Å². The number of hydrogen-bond donors (Lipinski definition) is 3. The van der Waals surface area contributed by atoms with E-state index in [0.717, 1.165) is 16.7 Å². The molecule has 1 aliphatic rings. The SMILES string of the molecule is CN1C(=N)N[C@](C)(C(=O)NCc2ccccc2)[C@@H](c2ccc(C(C)(C)C)cc2)C1=O. The van der Waals surface area contributed by atoms with Crippen molar-refractivity contribution in [3.63, 3.8) is 0 Å². The molecule has 30 heavy (non-hydrogen) atoms. The number of amides is 2. The lowest BCUT2D eigenvalue weighted by Crippen LogP contribution is -2.69. The van der Waals surface area contributed by atoms with Crippen LogP contribution in [-0.2, 0) is 21.5 Å². The van der Waals surface area contributed by atoms with Crippen LogP contribution in [0.2, 0.25) is 0 Å². The van der Waals surface area contributed by atoms with Gasteiger partial charge in [-0.1, -0.05) is 75.4 Å². The largest absolute Gasteiger partial charge is 0.350 e. The van der Waals surface area contributed by atoms with Crippen LogP contribution in [0.1, 0.15) is 50.3 Å². The number of likely N-dealkylation sites (N-methyl/N-ethyl adjacent to an activating group) is 1. The Morgan fingerprint density at radius 3 is 2.30 bits per heavy atom. The first-order valence-corrected chi connectivity index (χ1v) is 10.1. The number of nitrogens with one attached hydrogen (secondary N) is 3. The van der Waals surface area contributed by atoms with Crippen LogP contribution in [0.25, 0.3) is 0 Å². The van der Waals surface area contributed by atoms with Crippen molar-refractivity contribution < 1.29 is 9.59 Å². The third-order valence-corrected chi connectivity index (χ3v) is 5.75. The Morgan fingerprint density at radius 2 is 1.73 bits per heavy atom. The van der Waals surface area contributed by atoms with Crippen LogP contribution in [0.3, 0.4) is 0 Å². The molecule has 1 heterocycles. The quantitative estimate of drug-likeness (QED) is 0.729. The average molecular weight is 407 g/mol. The zero-order valence-corrected chi connectivity index (χ0v) is 18.2. The zero-order valence-electron chi connectivity index (χ0n) is 18.2. The summed E-state index contributed by atoms with van der Waals surface area (Å²) in [6, 6.07) is 17.4. The molecule has 3 N–H and O–H groups in total. The third kappa shape index (κ3) is 4.08. The molecule has 2 aromatic rings. The average Bonchev–Trinajstić information content (AvgIpc) is 2.71. The van der Waals surface area contributed by atoms with Gasteiger partial charge in [0.2, 0.25) is 11.8 Å². The lowest BCUT2D eigenvalue weighted by molar-refractivity contribution is -0.139. The molecule has 1 fully saturated rings. The Labute approximate surface area is 178 Å². The van der Waals surface area contributed by atoms with Crippen molar-refractivity contribution in [2.75, 3.05) is 7.05 Å². The number of nitrogens with zero attached hydrogens (tertiary/aromatic N) is 1. The summed E-state index contributed by atoms with van der Waals surface area (Å²) >= 11 is 0. The summed E-state index contributed by atoms with van der Waals surface area (Å²) < 4.78 is 0. The minimum absolute atomic E-state index is 0.0113. The van der Waals surface area contributed by atoms with Gasteiger partial charge in [0.15, 0.2) is 5.96 Å². The number of benzene rings is 2. The maximum atomic E-state index is 13.3. The van der Waals surface area contributed by atoms with Gasteiger partial charge in [-0.3, -0.25) is 19.9 Å². The van der Waals surface area contributed by atoms with Crippen molar-refractivity contribution in [3.8, 4) is 0 Å². The maximum absolute atomic E-state index is 13.3. The van der Waals surface area contributed by atoms with Gasteiger partial charge in [-0.25, -0.2) is 0 Å². The minimum atomic E-state index is -1.28. The summed E-state index contributed by atoms with van der Waals surface area (Å²) in [4.78, 5) is 27.7. The van der Waals surface area contributed by atoms with Gasteiger partial charge >= 0.3 is 0 Å². The fourth-order valence-electron chi connectivity index (χ4n) is 3.75. The molecule has 0 unspecified atom stereocenters. The monoisotopic (exact) mass is 406 g/mol. The summed E-state index contributed by atoms with van der Waals surface area (Å²) in [6.07, 6.45) is 0. The molecule has 0 spiro atoms. The Hall–Kier alpha value is -3.15. The van der Waals surface area contributed by atoms with Crippen LogP contribution >= 0.6 is 0 Å². The van der Waals surface area contributed by atoms with E-state index in [0.29, 0.717) is 6.54 Å². The highest BCUT2D eigenvalue weighted by atomic mass is 16.2. The molecule has 2 amide bonds. The van der Waals surface area contributed by atoms with Crippen LogP contribution in [0, 0.1) is 5.41 Å². The van der Waals surface area contributed by atoms with Gasteiger partial charge < -0.3 is 10.6 Å². The molecule has 0 saturated carbocycles. The summed E-state index contributed by atoms with van der Waals surface area (Å²) in [7, 11) is 1.55. The molecule has 1 saturated heterocycles. The minimum Gasteiger partial charge on any atom is -0.350 e. The van der Waals surface area contributed by atoms with Crippen molar-refractivity contribution in [2.24, 2.45) is 0 Å². The third-order valence-electron chi connectivity index (χ3n) is 5.75. The standard InChI is InChI=1S/C24H30N4O2/c1-23(2,3)18-13-11-17(12-14-18)19-20(29)28(5)22(25)27-24(19,4)21(30)26-15-16-9-7-6-8-10-16/h6-14,19H,15H2,1-5H3,(H2,25,27)(H,26,30)/t19-,24-/m0/s1. The van der Waals surface area contributed by atoms with E-state index >= 15 is 0 Å². The Balaban J connectivity index is 1.93. The fourth-order valence-corrected chi connectivity index (χ4v) is 3.75. The molecule has 2 aromatic carbocycles. The molecule has 6 nitrogen and oxygen atoms in total. The van der Waals surface area contributed by atoms with Gasteiger partial charge in [-0.15, -0.1) is 0 Å². The van der Waals surface area contributed by atoms with Crippen molar-refractivity contribution in [3.05, 3.63) is 71.3 Å². The number of guanidine groups is 1. The molecule has 0 bridgehead atoms. The van der Waals surface area contributed by atoms with E-state index < -0.39 is 11.5 Å². The number of carbonyl (C=O) groups is 2. The second kappa shape index (κ2) is 7.94. The Morgan fingerprint density at radius 1 is 1.13 bits per heavy atom. The van der Waals surface area contributed by atoms with Crippen LogP contribution in [0.15, 0.2) is 54.6 Å². The molecule has 1 aliphatic heterocycles. The number of rotatable bonds is 4. The highest BCUT2D eigenvalue weighted by Crippen LogP contribution is 2.35. The molecular formula is C24H30N4O2. The Bertz CT molecular complexity index is 947. The molecular weight excluding hydrogens is 376 g/mol. The van der Waals surface area contributed by atoms with E-state index in [1.54, 1.807) is 14.0 Å². The second-order valence-corrected chi connectivity index (χ2v) is 9.05. The van der Waals surface area contributed by atoms with E-state index in [2.05, 4.69) is 31.4 Å². The van der Waals surface area contributed by atoms with Crippen LogP contribution in [0.4, 0.5) is 0 Å². The smallest absolute Gasteiger partial charge is 0.246 e. The predicted molar refractivity (Wildman–Crippen MR) is 118 cm³/mol. The highest BCUT2D eigenvalue weighted by Gasteiger charge is 2.52. The highest BCUT2D eigenvalue weighted by molar-refractivity contribution is 6.08. The second-order valence-electron chi connectivity index (χ2n) is 9.05. The summed E-state index contributed by atoms with van der Waals surface area (Å²) in [6.45, 7) is 8.43. The van der Waals surface area contributed by atoms with Gasteiger partial charge in [-0.05, 0) is 29.0 Å². The van der Waals surface area contributed by atoms with Crippen molar-refractivity contribution >= 4 is 17.8 Å². The van der Waals surface area contributed by atoms with E-state index in [1.807, 2.05) is 54.6 Å². The van der Waals surface area contributed by atoms with Gasteiger partial charge in [0.05, 0.1) is 5.92 Å². The van der Waals surface area contributed by atoms with E-state index in [1.165, 1.54) is 4.90 Å². The van der Waals surface area contributed by atoms with Crippen molar-refractivity contribution in [1.82, 2.24) is 15.5 Å². The lowest BCUT2D eigenvalue weighted by atomic mass is 9.76. The van der Waals surface area contributed by atoms with Gasteiger partial charge in [0.25, 0.3) is 0 Å². The zero-order chi connectivity index (χ0) is 22.1. The Kier molecular flexibility index (Phi) is 5.70. The van der Waals surface area contributed by atoms with Crippen molar-refractivity contribution in [2.45, 2.75) is 51.1 Å². The summed E-state index contributed by atoms with van der Waals surface area (Å²) in [5.41, 5.74) is 1.58. The normalized spacial score (nSPS) is 21.9. The molecule has 6 heteroatoms. The molecule has 158 valence electrons. The maximum Gasteiger partial charge on any atom is 0.246 e. The molecule has 3 rings (SSSR count). The van der Waals surface area contributed by atoms with Crippen molar-refractivity contribution in [1.29, 1.82) is 5.41 Å². The van der Waals surface area contributed by atoms with E-state index in [-0.39, 0.29) is 23.2 Å². The van der Waals surface area contributed by atoms with Gasteiger partial charge in [0.1, 0.15) is 5.54 Å². The van der Waals surface area contributed by atoms with E-state index in [9.17, 15) is 9.59 Å². The van der Waals surface area contributed by atoms with E-state index in [4.69, 9.17) is 5.41 Å². The van der Waals surface area contributed by atoms with Crippen LogP contribution in [0.5, 0.6) is 0 Å². The molecule has 0 radical (unpaired) electrons. The molecule has 2 atom stereocenters. The first-order valence-electron chi connectivity index (χ1n) is 10.1. The van der Waals surface area contributed by atoms with Gasteiger partial charge in [0, 0.05) is 13.6 Å². The summed E-state index contributed by atoms with van der Waals surface area (Å²) in [5, 5.41) is 14.1. The van der Waals surface area contributed by atoms with Crippen LogP contribution < -0.4 is 10.6 Å². The number of hydrogen-bond acceptors (Lipinski definition) is 3. The molecule has 0 aliphatic carbocycles. The lowest BCUT2D eigenvalue weighted by Gasteiger charge is -2.44. The summed E-state index contributed by atoms with van der Waals surface area (Å²) in [5.74, 6) is -1.43. The number of carbonyl (C=O) groups excluding carboxylic acids is 2. The predicted octanol–water partition coefficient (Wildman–Crippen LogP) is 3.14. The van der Waals surface area contributed by atoms with Crippen LogP contribution in [-0.4, -0.2) is 35.3 Å². The van der Waals surface area contributed by atoms with Gasteiger partial charge in [-0.2, -0.15) is 0 Å². The first kappa shape index (κ1) is 21.6. The first-order chi connectivity index (χ1) is 14.0. The fraction of sp³-hybridized carbons (Fsp3) is 0.375.